The van der Waals surface area contributed by atoms with Gasteiger partial charge in [0.15, 0.2) is 0 Å². The number of aromatic nitrogens is 1. The predicted molar refractivity (Wildman–Crippen MR) is 116 cm³/mol. The lowest BCUT2D eigenvalue weighted by Crippen LogP contribution is -2.50. The fourth-order valence-electron chi connectivity index (χ4n) is 3.82. The van der Waals surface area contributed by atoms with Gasteiger partial charge in [0, 0.05) is 32.4 Å². The summed E-state index contributed by atoms with van der Waals surface area (Å²) in [6, 6.07) is 18.3. The standard InChI is InChI=1S/C23H20Cl2FN3O/c24-18-14-20(22(25)27-15-18)23(30)29-12-10-28(11-13-29)21(16-4-2-1-3-5-16)17-6-8-19(26)9-7-17/h1-9,14-15,21H,10-13H2. The zero-order valence-electron chi connectivity index (χ0n) is 16.1. The lowest BCUT2D eigenvalue weighted by atomic mass is 9.96. The van der Waals surface area contributed by atoms with Gasteiger partial charge in [-0.15, -0.1) is 0 Å². The third-order valence-electron chi connectivity index (χ3n) is 5.30. The summed E-state index contributed by atoms with van der Waals surface area (Å²) in [6.45, 7) is 2.45. The molecule has 0 saturated carbocycles. The number of piperazine rings is 1. The van der Waals surface area contributed by atoms with E-state index in [1.165, 1.54) is 18.3 Å². The van der Waals surface area contributed by atoms with E-state index in [-0.39, 0.29) is 22.9 Å². The van der Waals surface area contributed by atoms with Crippen LogP contribution in [0.1, 0.15) is 27.5 Å². The number of halogens is 3. The molecule has 0 spiro atoms. The molecule has 1 atom stereocenters. The molecule has 0 aliphatic carbocycles. The lowest BCUT2D eigenvalue weighted by Gasteiger charge is -2.39. The monoisotopic (exact) mass is 443 g/mol. The number of benzene rings is 2. The van der Waals surface area contributed by atoms with Crippen LogP contribution in [0.5, 0.6) is 0 Å². The van der Waals surface area contributed by atoms with Gasteiger partial charge in [0.2, 0.25) is 0 Å². The highest BCUT2D eigenvalue weighted by Crippen LogP contribution is 2.30. The van der Waals surface area contributed by atoms with Gasteiger partial charge in [-0.1, -0.05) is 65.7 Å². The molecule has 1 aliphatic rings. The second-order valence-corrected chi connectivity index (χ2v) is 7.98. The first kappa shape index (κ1) is 20.8. The van der Waals surface area contributed by atoms with Crippen LogP contribution < -0.4 is 0 Å². The third-order valence-corrected chi connectivity index (χ3v) is 5.81. The van der Waals surface area contributed by atoms with Crippen LogP contribution in [0, 0.1) is 5.82 Å². The van der Waals surface area contributed by atoms with Crippen molar-refractivity contribution in [1.29, 1.82) is 0 Å². The van der Waals surface area contributed by atoms with Crippen molar-refractivity contribution in [3.05, 3.63) is 99.5 Å². The number of pyridine rings is 1. The molecule has 1 aromatic heterocycles. The van der Waals surface area contributed by atoms with Crippen LogP contribution in [0.25, 0.3) is 0 Å². The molecule has 4 nitrogen and oxygen atoms in total. The molecule has 154 valence electrons. The van der Waals surface area contributed by atoms with E-state index < -0.39 is 0 Å². The van der Waals surface area contributed by atoms with Gasteiger partial charge in [0.25, 0.3) is 5.91 Å². The normalized spacial score (nSPS) is 15.8. The summed E-state index contributed by atoms with van der Waals surface area (Å²) in [5.74, 6) is -0.430. The van der Waals surface area contributed by atoms with Crippen LogP contribution in [0.4, 0.5) is 4.39 Å². The number of hydrogen-bond acceptors (Lipinski definition) is 3. The highest BCUT2D eigenvalue weighted by atomic mass is 35.5. The van der Waals surface area contributed by atoms with E-state index in [0.29, 0.717) is 36.8 Å². The van der Waals surface area contributed by atoms with E-state index in [1.54, 1.807) is 11.0 Å². The molecule has 1 saturated heterocycles. The van der Waals surface area contributed by atoms with Crippen LogP contribution in [0.3, 0.4) is 0 Å². The lowest BCUT2D eigenvalue weighted by molar-refractivity contribution is 0.0597. The summed E-state index contributed by atoms with van der Waals surface area (Å²) in [6.07, 6.45) is 1.42. The van der Waals surface area contributed by atoms with Gasteiger partial charge >= 0.3 is 0 Å². The van der Waals surface area contributed by atoms with Crippen LogP contribution in [-0.4, -0.2) is 46.9 Å². The fourth-order valence-corrected chi connectivity index (χ4v) is 4.16. The molecule has 1 amide bonds. The van der Waals surface area contributed by atoms with Gasteiger partial charge in [-0.3, -0.25) is 9.69 Å². The molecular formula is C23H20Cl2FN3O. The van der Waals surface area contributed by atoms with Crippen molar-refractivity contribution in [2.24, 2.45) is 0 Å². The minimum atomic E-state index is -0.256. The summed E-state index contributed by atoms with van der Waals surface area (Å²) < 4.78 is 13.5. The van der Waals surface area contributed by atoms with Crippen LogP contribution >= 0.6 is 23.2 Å². The van der Waals surface area contributed by atoms with Crippen LogP contribution in [0.15, 0.2) is 66.9 Å². The Labute approximate surface area is 184 Å². The molecule has 4 rings (SSSR count). The fraction of sp³-hybridized carbons (Fsp3) is 0.217. The maximum Gasteiger partial charge on any atom is 0.257 e. The van der Waals surface area contributed by atoms with Crippen molar-refractivity contribution in [1.82, 2.24) is 14.8 Å². The van der Waals surface area contributed by atoms with E-state index >= 15 is 0 Å². The average molecular weight is 444 g/mol. The van der Waals surface area contributed by atoms with Gasteiger partial charge < -0.3 is 4.90 Å². The van der Waals surface area contributed by atoms with E-state index in [4.69, 9.17) is 23.2 Å². The zero-order valence-corrected chi connectivity index (χ0v) is 17.7. The predicted octanol–water partition coefficient (Wildman–Crippen LogP) is 5.07. The SMILES string of the molecule is O=C(c1cc(Cl)cnc1Cl)N1CCN(C(c2ccccc2)c2ccc(F)cc2)CC1. The summed E-state index contributed by atoms with van der Waals surface area (Å²) in [5.41, 5.74) is 2.46. The van der Waals surface area contributed by atoms with E-state index in [2.05, 4.69) is 22.0 Å². The Kier molecular flexibility index (Phi) is 6.32. The maximum atomic E-state index is 13.5. The Morgan fingerprint density at radius 3 is 2.23 bits per heavy atom. The molecule has 30 heavy (non-hydrogen) atoms. The van der Waals surface area contributed by atoms with Crippen molar-refractivity contribution >= 4 is 29.1 Å². The van der Waals surface area contributed by atoms with Crippen LogP contribution in [-0.2, 0) is 0 Å². The molecule has 2 aromatic carbocycles. The zero-order chi connectivity index (χ0) is 21.1. The van der Waals surface area contributed by atoms with Crippen molar-refractivity contribution in [3.8, 4) is 0 Å². The van der Waals surface area contributed by atoms with Gasteiger partial charge in [0.05, 0.1) is 16.6 Å². The quantitative estimate of drug-likeness (QED) is 0.527. The van der Waals surface area contributed by atoms with Gasteiger partial charge in [-0.2, -0.15) is 0 Å². The Morgan fingerprint density at radius 1 is 0.933 bits per heavy atom. The molecule has 1 aliphatic heterocycles. The molecule has 2 heterocycles. The molecule has 7 heteroatoms. The van der Waals surface area contributed by atoms with Crippen LogP contribution in [0.2, 0.25) is 10.2 Å². The second kappa shape index (κ2) is 9.13. The molecule has 0 N–H and O–H groups in total. The Balaban J connectivity index is 1.53. The van der Waals surface area contributed by atoms with E-state index in [0.717, 1.165) is 11.1 Å². The molecule has 1 unspecified atom stereocenters. The van der Waals surface area contributed by atoms with Crippen molar-refractivity contribution in [3.63, 3.8) is 0 Å². The summed E-state index contributed by atoms with van der Waals surface area (Å²) in [7, 11) is 0. The first-order valence-corrected chi connectivity index (χ1v) is 10.4. The van der Waals surface area contributed by atoms with Gasteiger partial charge in [0.1, 0.15) is 11.0 Å². The third kappa shape index (κ3) is 4.48. The summed E-state index contributed by atoms with van der Waals surface area (Å²) >= 11 is 12.1. The minimum Gasteiger partial charge on any atom is -0.336 e. The topological polar surface area (TPSA) is 36.4 Å². The van der Waals surface area contributed by atoms with E-state index in [1.807, 2.05) is 30.3 Å². The number of nitrogens with zero attached hydrogens (tertiary/aromatic N) is 3. The highest BCUT2D eigenvalue weighted by Gasteiger charge is 2.29. The average Bonchev–Trinajstić information content (AvgIpc) is 2.78. The van der Waals surface area contributed by atoms with Gasteiger partial charge in [-0.05, 0) is 29.3 Å². The molecular weight excluding hydrogens is 424 g/mol. The summed E-state index contributed by atoms with van der Waals surface area (Å²) in [5, 5.41) is 0.530. The number of carbonyl (C=O) groups is 1. The van der Waals surface area contributed by atoms with Crippen molar-refractivity contribution in [2.45, 2.75) is 6.04 Å². The first-order chi connectivity index (χ1) is 14.5. The highest BCUT2D eigenvalue weighted by molar-refractivity contribution is 6.34. The number of carbonyl (C=O) groups excluding carboxylic acids is 1. The Morgan fingerprint density at radius 2 is 1.57 bits per heavy atom. The first-order valence-electron chi connectivity index (χ1n) is 9.68. The summed E-state index contributed by atoms with van der Waals surface area (Å²) in [4.78, 5) is 21.0. The number of hydrogen-bond donors (Lipinski definition) is 0. The Hall–Kier alpha value is -2.47. The molecule has 0 radical (unpaired) electrons. The van der Waals surface area contributed by atoms with E-state index in [9.17, 15) is 9.18 Å². The Bertz CT molecular complexity index is 1020. The molecule has 0 bridgehead atoms. The molecule has 3 aromatic rings. The smallest absolute Gasteiger partial charge is 0.257 e. The molecule has 1 fully saturated rings. The van der Waals surface area contributed by atoms with Gasteiger partial charge in [-0.25, -0.2) is 9.37 Å². The van der Waals surface area contributed by atoms with Crippen molar-refractivity contribution < 1.29 is 9.18 Å². The van der Waals surface area contributed by atoms with Crippen molar-refractivity contribution in [2.75, 3.05) is 26.2 Å². The number of rotatable bonds is 4. The minimum absolute atomic E-state index is 0.0134. The maximum absolute atomic E-state index is 13.5. The number of amides is 1. The second-order valence-electron chi connectivity index (χ2n) is 7.18. The largest absolute Gasteiger partial charge is 0.336 e.